The lowest BCUT2D eigenvalue weighted by Crippen LogP contribution is -2.35. The van der Waals surface area contributed by atoms with Crippen molar-refractivity contribution in [2.24, 2.45) is 16.8 Å². The van der Waals surface area contributed by atoms with E-state index >= 15 is 0 Å². The summed E-state index contributed by atoms with van der Waals surface area (Å²) in [4.78, 5) is 24.6. The van der Waals surface area contributed by atoms with E-state index in [0.717, 1.165) is 54.9 Å². The number of likely N-dealkylation sites (tertiary alicyclic amines) is 1. The van der Waals surface area contributed by atoms with Gasteiger partial charge >= 0.3 is 5.97 Å². The van der Waals surface area contributed by atoms with Crippen LogP contribution in [0.25, 0.3) is 11.0 Å². The number of rotatable bonds is 13. The van der Waals surface area contributed by atoms with Gasteiger partial charge < -0.3 is 24.6 Å². The molecule has 2 aromatic carbocycles. The molecule has 222 valence electrons. The van der Waals surface area contributed by atoms with Gasteiger partial charge in [-0.2, -0.15) is 5.26 Å². The van der Waals surface area contributed by atoms with E-state index in [0.29, 0.717) is 37.4 Å². The highest BCUT2D eigenvalue weighted by atomic mass is 19.1. The number of carbonyl (C=O) groups excluding carboxylic acids is 1. The van der Waals surface area contributed by atoms with Crippen molar-refractivity contribution in [3.63, 3.8) is 0 Å². The van der Waals surface area contributed by atoms with Crippen LogP contribution in [0.4, 0.5) is 4.39 Å². The number of halogens is 1. The van der Waals surface area contributed by atoms with Crippen LogP contribution in [-0.4, -0.2) is 60.0 Å². The molecule has 0 radical (unpaired) electrons. The number of ether oxygens (including phenoxy) is 2. The van der Waals surface area contributed by atoms with Crippen LogP contribution in [0.15, 0.2) is 53.3 Å². The molecule has 2 heterocycles. The summed E-state index contributed by atoms with van der Waals surface area (Å²) in [5, 5.41) is 12.7. The lowest BCUT2D eigenvalue weighted by atomic mass is 9.93. The van der Waals surface area contributed by atoms with Gasteiger partial charge in [0.25, 0.3) is 0 Å². The molecule has 10 nitrogen and oxygen atoms in total. The molecule has 1 aromatic heterocycles. The number of esters is 1. The molecule has 4 rings (SSSR count). The van der Waals surface area contributed by atoms with E-state index in [1.807, 2.05) is 18.2 Å². The summed E-state index contributed by atoms with van der Waals surface area (Å²) >= 11 is 0. The molecule has 11 heteroatoms. The van der Waals surface area contributed by atoms with Gasteiger partial charge in [0.2, 0.25) is 0 Å². The number of hydrogen-bond acceptors (Lipinski definition) is 9. The zero-order valence-corrected chi connectivity index (χ0v) is 24.1. The van der Waals surface area contributed by atoms with Gasteiger partial charge in [-0.05, 0) is 68.8 Å². The highest BCUT2D eigenvalue weighted by Gasteiger charge is 2.23. The van der Waals surface area contributed by atoms with Crippen molar-refractivity contribution in [1.29, 1.82) is 5.26 Å². The van der Waals surface area contributed by atoms with E-state index in [2.05, 4.69) is 21.5 Å². The number of carbonyl (C=O) groups is 1. The smallest absolute Gasteiger partial charge is 0.337 e. The Morgan fingerprint density at radius 3 is 2.76 bits per heavy atom. The maximum Gasteiger partial charge on any atom is 0.337 e. The van der Waals surface area contributed by atoms with Gasteiger partial charge in [-0.3, -0.25) is 4.90 Å². The average Bonchev–Trinajstić information content (AvgIpc) is 3.35. The molecule has 0 saturated carbocycles. The second kappa shape index (κ2) is 15.1. The van der Waals surface area contributed by atoms with Crippen molar-refractivity contribution in [3.05, 3.63) is 76.5 Å². The number of hydrogen-bond donors (Lipinski definition) is 1. The highest BCUT2D eigenvalue weighted by Crippen LogP contribution is 2.25. The van der Waals surface area contributed by atoms with E-state index in [4.69, 9.17) is 30.3 Å². The molecule has 3 aromatic rings. The van der Waals surface area contributed by atoms with Crippen molar-refractivity contribution in [1.82, 2.24) is 14.5 Å². The predicted octanol–water partition coefficient (Wildman–Crippen LogP) is 4.52. The number of aromatic nitrogens is 2. The summed E-state index contributed by atoms with van der Waals surface area (Å²) < 4.78 is 26.8. The van der Waals surface area contributed by atoms with Gasteiger partial charge in [0, 0.05) is 30.3 Å². The fraction of sp³-hybridized carbons (Fsp3) is 0.419. The third kappa shape index (κ3) is 7.93. The molecule has 0 amide bonds. The van der Waals surface area contributed by atoms with Crippen molar-refractivity contribution in [2.75, 3.05) is 33.4 Å². The van der Waals surface area contributed by atoms with E-state index in [9.17, 15) is 9.18 Å². The number of nitrogens with two attached hydrogens (primary N) is 1. The van der Waals surface area contributed by atoms with Crippen molar-refractivity contribution < 1.29 is 23.5 Å². The number of allylic oxidation sites excluding steroid dienone is 2. The Kier molecular flexibility index (Phi) is 11.0. The van der Waals surface area contributed by atoms with Crippen LogP contribution in [0.5, 0.6) is 0 Å². The van der Waals surface area contributed by atoms with Crippen molar-refractivity contribution >= 4 is 23.2 Å². The zero-order valence-electron chi connectivity index (χ0n) is 24.1. The number of imidazole rings is 1. The van der Waals surface area contributed by atoms with E-state index in [1.165, 1.54) is 31.5 Å². The van der Waals surface area contributed by atoms with Crippen LogP contribution in [0, 0.1) is 23.1 Å². The molecule has 1 fully saturated rings. The Morgan fingerprint density at radius 2 is 2.05 bits per heavy atom. The molecule has 42 heavy (non-hydrogen) atoms. The first-order chi connectivity index (χ1) is 20.4. The quantitative estimate of drug-likeness (QED) is 0.136. The Bertz CT molecular complexity index is 1470. The van der Waals surface area contributed by atoms with E-state index in [-0.39, 0.29) is 24.1 Å². The monoisotopic (exact) mass is 576 g/mol. The van der Waals surface area contributed by atoms with E-state index in [1.54, 1.807) is 12.1 Å². The Labute approximate surface area is 245 Å². The van der Waals surface area contributed by atoms with Crippen LogP contribution in [0.1, 0.15) is 53.5 Å². The van der Waals surface area contributed by atoms with Gasteiger partial charge in [0.1, 0.15) is 18.2 Å². The molecule has 0 unspecified atom stereocenters. The summed E-state index contributed by atoms with van der Waals surface area (Å²) in [6.45, 7) is 6.32. The minimum atomic E-state index is -0.502. The molecular weight excluding hydrogens is 539 g/mol. The number of nitriles is 1. The number of oxime groups is 1. The maximum absolute atomic E-state index is 14.0. The van der Waals surface area contributed by atoms with Gasteiger partial charge in [0.15, 0.2) is 0 Å². The van der Waals surface area contributed by atoms with Crippen LogP contribution < -0.4 is 5.73 Å². The summed E-state index contributed by atoms with van der Waals surface area (Å²) in [5.41, 5.74) is 9.85. The van der Waals surface area contributed by atoms with Gasteiger partial charge in [-0.1, -0.05) is 18.1 Å². The number of fused-ring (bicyclic) bond motifs is 1. The van der Waals surface area contributed by atoms with Crippen LogP contribution in [0.3, 0.4) is 0 Å². The molecule has 2 N–H and O–H groups in total. The third-order valence-corrected chi connectivity index (χ3v) is 7.28. The molecule has 0 spiro atoms. The highest BCUT2D eigenvalue weighted by molar-refractivity contribution is 5.93. The van der Waals surface area contributed by atoms with Crippen LogP contribution in [-0.2, 0) is 34.0 Å². The number of piperidine rings is 1. The first-order valence-corrected chi connectivity index (χ1v) is 14.1. The summed E-state index contributed by atoms with van der Waals surface area (Å²) in [6.07, 6.45) is 5.94. The minimum absolute atomic E-state index is 0.0420. The standard InChI is InChI=1S/C31H37FN6O4/c1-3-15-41-16-14-38-29-18-24(31(39)40-2)6-7-28(29)36-30(38)20-37-12-9-23(10-13-37)27(34)8-11-35-42-21-25-5-4-22(19-33)17-26(25)32/h4-8,11,17-18,23H,3,9-10,12-16,20-21,34H2,1-2H3/b27-8-,35-11+. The molecule has 0 aliphatic carbocycles. The second-order valence-corrected chi connectivity index (χ2v) is 10.2. The topological polar surface area (TPSA) is 128 Å². The zero-order chi connectivity index (χ0) is 29.9. The SMILES string of the molecule is CCCOCCn1c(CN2CCC(/C(N)=C/C=N/OCc3ccc(C#N)cc3F)CC2)nc2ccc(C(=O)OC)cc21. The largest absolute Gasteiger partial charge is 0.465 e. The Hall–Kier alpha value is -4.27. The third-order valence-electron chi connectivity index (χ3n) is 7.28. The summed E-state index contributed by atoms with van der Waals surface area (Å²) in [6, 6.07) is 11.5. The number of nitrogens with zero attached hydrogens (tertiary/aromatic N) is 5. The summed E-state index contributed by atoms with van der Waals surface area (Å²) in [5.74, 6) is 0.264. The Balaban J connectivity index is 1.33. The summed E-state index contributed by atoms with van der Waals surface area (Å²) in [7, 11) is 1.38. The fourth-order valence-electron chi connectivity index (χ4n) is 4.95. The van der Waals surface area contributed by atoms with Crippen LogP contribution in [0.2, 0.25) is 0 Å². The predicted molar refractivity (Wildman–Crippen MR) is 157 cm³/mol. The van der Waals surface area contributed by atoms with Gasteiger partial charge in [-0.25, -0.2) is 14.2 Å². The molecule has 1 aliphatic heterocycles. The molecular formula is C31H37FN6O4. The average molecular weight is 577 g/mol. The Morgan fingerprint density at radius 1 is 1.24 bits per heavy atom. The number of benzene rings is 2. The van der Waals surface area contributed by atoms with Crippen LogP contribution >= 0.6 is 0 Å². The van der Waals surface area contributed by atoms with Gasteiger partial charge in [0.05, 0.1) is 54.7 Å². The lowest BCUT2D eigenvalue weighted by molar-refractivity contribution is 0.0601. The minimum Gasteiger partial charge on any atom is -0.465 e. The fourth-order valence-corrected chi connectivity index (χ4v) is 4.95. The first-order valence-electron chi connectivity index (χ1n) is 14.1. The van der Waals surface area contributed by atoms with Crippen molar-refractivity contribution in [2.45, 2.75) is 45.9 Å². The van der Waals surface area contributed by atoms with Crippen molar-refractivity contribution in [3.8, 4) is 6.07 Å². The first kappa shape index (κ1) is 30.7. The molecule has 1 saturated heterocycles. The molecule has 0 atom stereocenters. The maximum atomic E-state index is 14.0. The normalized spacial score (nSPS) is 14.9. The lowest BCUT2D eigenvalue weighted by Gasteiger charge is -2.32. The van der Waals surface area contributed by atoms with E-state index < -0.39 is 5.82 Å². The molecule has 0 bridgehead atoms. The number of methoxy groups -OCH3 is 1. The van der Waals surface area contributed by atoms with Gasteiger partial charge in [-0.15, -0.1) is 0 Å². The second-order valence-electron chi connectivity index (χ2n) is 10.2. The molecule has 1 aliphatic rings.